The number of thioether (sulfide) groups is 1. The standard InChI is InChI=1S/C19H22Cl2N2O3S2/c1-3-13-4-7-15(8-5-13)22-19(24)17(10-11-27-2)23-28(25,26)18-12-14(20)6-9-16(18)21/h4-9,12,17,23H,3,10-11H2,1-2H3,(H,22,24). The Morgan fingerprint density at radius 2 is 1.82 bits per heavy atom. The van der Waals surface area contributed by atoms with E-state index in [9.17, 15) is 13.2 Å². The zero-order valence-electron chi connectivity index (χ0n) is 15.5. The van der Waals surface area contributed by atoms with E-state index in [2.05, 4.69) is 10.0 Å². The van der Waals surface area contributed by atoms with Gasteiger partial charge in [0.05, 0.1) is 5.02 Å². The third-order valence-electron chi connectivity index (χ3n) is 4.04. The van der Waals surface area contributed by atoms with Crippen LogP contribution in [0.1, 0.15) is 18.9 Å². The van der Waals surface area contributed by atoms with E-state index < -0.39 is 22.0 Å². The molecule has 0 radical (unpaired) electrons. The molecule has 2 aromatic carbocycles. The second-order valence-electron chi connectivity index (χ2n) is 6.07. The minimum Gasteiger partial charge on any atom is -0.325 e. The number of carbonyl (C=O) groups is 1. The number of anilines is 1. The molecule has 28 heavy (non-hydrogen) atoms. The lowest BCUT2D eigenvalue weighted by molar-refractivity contribution is -0.117. The number of hydrogen-bond donors (Lipinski definition) is 2. The molecule has 0 aromatic heterocycles. The number of benzene rings is 2. The average molecular weight is 461 g/mol. The molecule has 0 fully saturated rings. The van der Waals surface area contributed by atoms with Gasteiger partial charge in [0.15, 0.2) is 0 Å². The normalized spacial score (nSPS) is 12.6. The molecule has 2 rings (SSSR count). The van der Waals surface area contributed by atoms with Crippen LogP contribution in [0.4, 0.5) is 5.69 Å². The van der Waals surface area contributed by atoms with Crippen LogP contribution in [0.5, 0.6) is 0 Å². The van der Waals surface area contributed by atoms with Gasteiger partial charge in [-0.3, -0.25) is 4.79 Å². The van der Waals surface area contributed by atoms with Crippen molar-refractivity contribution in [2.24, 2.45) is 0 Å². The van der Waals surface area contributed by atoms with Crippen molar-refractivity contribution in [2.45, 2.75) is 30.7 Å². The van der Waals surface area contributed by atoms with Gasteiger partial charge >= 0.3 is 0 Å². The molecule has 9 heteroatoms. The molecule has 152 valence electrons. The quantitative estimate of drug-likeness (QED) is 0.573. The van der Waals surface area contributed by atoms with Gasteiger partial charge in [0.25, 0.3) is 0 Å². The van der Waals surface area contributed by atoms with E-state index in [1.807, 2.05) is 25.3 Å². The van der Waals surface area contributed by atoms with Crippen LogP contribution in [-0.4, -0.2) is 32.4 Å². The number of rotatable bonds is 9. The SMILES string of the molecule is CCc1ccc(NC(=O)C(CCSC)NS(=O)(=O)c2cc(Cl)ccc2Cl)cc1. The van der Waals surface area contributed by atoms with Crippen LogP contribution in [-0.2, 0) is 21.2 Å². The Kier molecular flexibility index (Phi) is 8.64. The van der Waals surface area contributed by atoms with Crippen LogP contribution in [0, 0.1) is 0 Å². The van der Waals surface area contributed by atoms with Gasteiger partial charge in [-0.1, -0.05) is 42.3 Å². The average Bonchev–Trinajstić information content (AvgIpc) is 2.67. The second kappa shape index (κ2) is 10.5. The van der Waals surface area contributed by atoms with Gasteiger partial charge in [-0.15, -0.1) is 0 Å². The molecule has 1 atom stereocenters. The summed E-state index contributed by atoms with van der Waals surface area (Å²) in [6, 6.07) is 10.7. The number of sulfonamides is 1. The number of aryl methyl sites for hydroxylation is 1. The van der Waals surface area contributed by atoms with Crippen molar-refractivity contribution in [1.82, 2.24) is 4.72 Å². The molecule has 0 saturated heterocycles. The van der Waals surface area contributed by atoms with Gasteiger partial charge in [-0.05, 0) is 60.7 Å². The summed E-state index contributed by atoms with van der Waals surface area (Å²) in [5.74, 6) is 0.179. The fourth-order valence-corrected chi connectivity index (χ4v) is 4.93. The van der Waals surface area contributed by atoms with E-state index in [1.54, 1.807) is 12.1 Å². The third kappa shape index (κ3) is 6.39. The van der Waals surface area contributed by atoms with Crippen molar-refractivity contribution in [3.05, 3.63) is 58.1 Å². The Hall–Kier alpha value is -1.25. The van der Waals surface area contributed by atoms with Crippen LogP contribution in [0.25, 0.3) is 0 Å². The van der Waals surface area contributed by atoms with E-state index >= 15 is 0 Å². The molecule has 2 aromatic rings. The first-order chi connectivity index (χ1) is 13.3. The van der Waals surface area contributed by atoms with Crippen LogP contribution in [0.15, 0.2) is 47.4 Å². The van der Waals surface area contributed by atoms with Crippen molar-refractivity contribution < 1.29 is 13.2 Å². The molecule has 2 N–H and O–H groups in total. The summed E-state index contributed by atoms with van der Waals surface area (Å²) in [4.78, 5) is 12.6. The predicted octanol–water partition coefficient (Wildman–Crippen LogP) is 4.59. The fraction of sp³-hybridized carbons (Fsp3) is 0.316. The first-order valence-corrected chi connectivity index (χ1v) is 12.3. The minimum atomic E-state index is -4.03. The molecular weight excluding hydrogens is 439 g/mol. The number of hydrogen-bond acceptors (Lipinski definition) is 4. The van der Waals surface area contributed by atoms with Crippen molar-refractivity contribution in [3.8, 4) is 0 Å². The third-order valence-corrected chi connectivity index (χ3v) is 6.87. The van der Waals surface area contributed by atoms with Gasteiger partial charge in [-0.2, -0.15) is 16.5 Å². The summed E-state index contributed by atoms with van der Waals surface area (Å²) in [6.45, 7) is 2.04. The highest BCUT2D eigenvalue weighted by Crippen LogP contribution is 2.25. The Labute approximate surface area is 180 Å². The molecule has 0 bridgehead atoms. The highest BCUT2D eigenvalue weighted by atomic mass is 35.5. The molecule has 0 heterocycles. The number of nitrogens with one attached hydrogen (secondary N) is 2. The van der Waals surface area contributed by atoms with E-state index in [-0.39, 0.29) is 14.9 Å². The van der Waals surface area contributed by atoms with Crippen LogP contribution in [0.3, 0.4) is 0 Å². The Morgan fingerprint density at radius 3 is 2.43 bits per heavy atom. The van der Waals surface area contributed by atoms with Crippen molar-refractivity contribution in [1.29, 1.82) is 0 Å². The van der Waals surface area contributed by atoms with Crippen molar-refractivity contribution in [2.75, 3.05) is 17.3 Å². The molecule has 0 saturated carbocycles. The maximum absolute atomic E-state index is 12.8. The van der Waals surface area contributed by atoms with Crippen LogP contribution in [0.2, 0.25) is 10.0 Å². The van der Waals surface area contributed by atoms with Gasteiger partial charge < -0.3 is 5.32 Å². The Balaban J connectivity index is 2.21. The molecule has 0 aliphatic heterocycles. The fourth-order valence-electron chi connectivity index (χ4n) is 2.47. The maximum Gasteiger partial charge on any atom is 0.242 e. The van der Waals surface area contributed by atoms with Gasteiger partial charge in [0, 0.05) is 10.7 Å². The lowest BCUT2D eigenvalue weighted by atomic mass is 10.1. The molecule has 1 unspecified atom stereocenters. The number of amides is 1. The predicted molar refractivity (Wildman–Crippen MR) is 118 cm³/mol. The highest BCUT2D eigenvalue weighted by Gasteiger charge is 2.27. The lowest BCUT2D eigenvalue weighted by Gasteiger charge is -2.19. The molecule has 5 nitrogen and oxygen atoms in total. The highest BCUT2D eigenvalue weighted by molar-refractivity contribution is 7.98. The number of halogens is 2. The summed E-state index contributed by atoms with van der Waals surface area (Å²) in [6.07, 6.45) is 3.11. The molecule has 0 spiro atoms. The van der Waals surface area contributed by atoms with E-state index in [0.29, 0.717) is 17.9 Å². The Morgan fingerprint density at radius 1 is 1.14 bits per heavy atom. The van der Waals surface area contributed by atoms with Crippen molar-refractivity contribution >= 4 is 56.6 Å². The molecule has 0 aliphatic carbocycles. The first-order valence-electron chi connectivity index (χ1n) is 8.63. The summed E-state index contributed by atoms with van der Waals surface area (Å²) in [7, 11) is -4.03. The van der Waals surface area contributed by atoms with E-state index in [4.69, 9.17) is 23.2 Å². The van der Waals surface area contributed by atoms with Crippen LogP contribution >= 0.6 is 35.0 Å². The smallest absolute Gasteiger partial charge is 0.242 e. The molecular formula is C19H22Cl2N2O3S2. The monoisotopic (exact) mass is 460 g/mol. The van der Waals surface area contributed by atoms with E-state index in [1.165, 1.54) is 30.0 Å². The summed E-state index contributed by atoms with van der Waals surface area (Å²) >= 11 is 13.5. The van der Waals surface area contributed by atoms with Gasteiger partial charge in [-0.25, -0.2) is 8.42 Å². The zero-order chi connectivity index (χ0) is 20.7. The molecule has 0 aliphatic rings. The summed E-state index contributed by atoms with van der Waals surface area (Å²) < 4.78 is 28.0. The Bertz CT molecular complexity index is 919. The largest absolute Gasteiger partial charge is 0.325 e. The zero-order valence-corrected chi connectivity index (χ0v) is 18.7. The van der Waals surface area contributed by atoms with Crippen LogP contribution < -0.4 is 10.0 Å². The maximum atomic E-state index is 12.8. The lowest BCUT2D eigenvalue weighted by Crippen LogP contribution is -2.44. The van der Waals surface area contributed by atoms with Gasteiger partial charge in [0.1, 0.15) is 10.9 Å². The summed E-state index contributed by atoms with van der Waals surface area (Å²) in [5, 5.41) is 3.05. The second-order valence-corrected chi connectivity index (χ2v) is 9.58. The first kappa shape index (κ1) is 23.0. The minimum absolute atomic E-state index is 0.0380. The topological polar surface area (TPSA) is 75.3 Å². The molecule has 1 amide bonds. The van der Waals surface area contributed by atoms with Crippen molar-refractivity contribution in [3.63, 3.8) is 0 Å². The number of carbonyl (C=O) groups excluding carboxylic acids is 1. The summed E-state index contributed by atoms with van der Waals surface area (Å²) in [5.41, 5.74) is 1.75. The van der Waals surface area contributed by atoms with E-state index in [0.717, 1.165) is 12.0 Å². The van der Waals surface area contributed by atoms with Gasteiger partial charge in [0.2, 0.25) is 15.9 Å².